The Balaban J connectivity index is 1.55. The van der Waals surface area contributed by atoms with Gasteiger partial charge < -0.3 is 10.1 Å². The lowest BCUT2D eigenvalue weighted by molar-refractivity contribution is -0.121. The Bertz CT molecular complexity index is 849. The summed E-state index contributed by atoms with van der Waals surface area (Å²) >= 11 is 0. The van der Waals surface area contributed by atoms with E-state index in [1.807, 2.05) is 54.4 Å². The summed E-state index contributed by atoms with van der Waals surface area (Å²) in [5.74, 6) is -0.346. The molecule has 24 heavy (non-hydrogen) atoms. The number of carbonyl (C=O) groups is 1. The van der Waals surface area contributed by atoms with E-state index in [9.17, 15) is 4.79 Å². The maximum atomic E-state index is 11.9. The van der Waals surface area contributed by atoms with Gasteiger partial charge in [-0.15, -0.1) is 0 Å². The average molecular weight is 324 g/mol. The van der Waals surface area contributed by atoms with E-state index in [-0.39, 0.29) is 17.7 Å². The van der Waals surface area contributed by atoms with Crippen LogP contribution in [0.4, 0.5) is 0 Å². The number of hydrogen-bond donors (Lipinski definition) is 1. The van der Waals surface area contributed by atoms with Crippen molar-refractivity contribution in [3.8, 4) is 0 Å². The quantitative estimate of drug-likeness (QED) is 0.768. The van der Waals surface area contributed by atoms with Crippen molar-refractivity contribution in [3.05, 3.63) is 54.2 Å². The van der Waals surface area contributed by atoms with E-state index in [0.717, 1.165) is 23.4 Å². The molecule has 2 atom stereocenters. The topological polar surface area (TPSA) is 81.5 Å². The summed E-state index contributed by atoms with van der Waals surface area (Å²) in [6, 6.07) is 5.94. The third-order valence-corrected chi connectivity index (χ3v) is 4.71. The highest BCUT2D eigenvalue weighted by atomic mass is 16.1. The molecule has 3 aromatic heterocycles. The predicted molar refractivity (Wildman–Crippen MR) is 89.1 cm³/mol. The Morgan fingerprint density at radius 1 is 1.33 bits per heavy atom. The van der Waals surface area contributed by atoms with Crippen molar-refractivity contribution in [1.82, 2.24) is 24.1 Å². The first-order valence-electron chi connectivity index (χ1n) is 8.03. The highest BCUT2D eigenvalue weighted by Crippen LogP contribution is 2.33. The summed E-state index contributed by atoms with van der Waals surface area (Å²) in [6.07, 6.45) is 7.82. The van der Waals surface area contributed by atoms with Gasteiger partial charge in [0.05, 0.1) is 17.8 Å². The van der Waals surface area contributed by atoms with Crippen molar-refractivity contribution >= 4 is 11.6 Å². The van der Waals surface area contributed by atoms with E-state index in [2.05, 4.69) is 15.0 Å². The molecule has 1 aliphatic rings. The summed E-state index contributed by atoms with van der Waals surface area (Å²) in [6.45, 7) is 2.15. The minimum absolute atomic E-state index is 0.0910. The first-order chi connectivity index (χ1) is 11.6. The van der Waals surface area contributed by atoms with Crippen LogP contribution in [-0.4, -0.2) is 43.1 Å². The Morgan fingerprint density at radius 2 is 2.21 bits per heavy atom. The number of hydrogen-bond acceptors (Lipinski definition) is 4. The third kappa shape index (κ3) is 2.67. The Hall–Kier alpha value is -2.67. The van der Waals surface area contributed by atoms with E-state index < -0.39 is 0 Å². The predicted octanol–water partition coefficient (Wildman–Crippen LogP) is 0.769. The Labute approximate surface area is 139 Å². The largest absolute Gasteiger partial charge is 0.369 e. The number of imidazole rings is 1. The molecule has 1 saturated heterocycles. The molecule has 0 spiro atoms. The molecule has 1 amide bonds. The average Bonchev–Trinajstić information content (AvgIpc) is 3.24. The molecule has 3 aromatic rings. The second kappa shape index (κ2) is 5.76. The monoisotopic (exact) mass is 324 g/mol. The molecule has 7 heteroatoms. The van der Waals surface area contributed by atoms with Crippen LogP contribution in [0.3, 0.4) is 0 Å². The molecule has 124 valence electrons. The van der Waals surface area contributed by atoms with Crippen LogP contribution in [-0.2, 0) is 18.4 Å². The van der Waals surface area contributed by atoms with Crippen LogP contribution in [0.5, 0.6) is 0 Å². The smallest absolute Gasteiger partial charge is 0.222 e. The van der Waals surface area contributed by atoms with Gasteiger partial charge in [0.1, 0.15) is 5.65 Å². The zero-order valence-electron chi connectivity index (χ0n) is 13.5. The molecule has 4 rings (SSSR count). The minimum atomic E-state index is -0.249. The summed E-state index contributed by atoms with van der Waals surface area (Å²) in [5.41, 5.74) is 8.63. The molecule has 0 radical (unpaired) electrons. The van der Waals surface area contributed by atoms with Crippen molar-refractivity contribution in [1.29, 1.82) is 0 Å². The third-order valence-electron chi connectivity index (χ3n) is 4.71. The van der Waals surface area contributed by atoms with Crippen LogP contribution < -0.4 is 5.73 Å². The molecule has 0 aromatic carbocycles. The standard InChI is InChI=1S/C17H20N6O/c1-21-7-12(6-19-21)14-10-22(11-15(14)17(18)24)8-13-9-23-5-3-2-4-16(23)20-13/h2-7,9,14-15H,8,10-11H2,1H3,(H2,18,24)/t14-,15+/m1/s1. The van der Waals surface area contributed by atoms with E-state index in [4.69, 9.17) is 5.73 Å². The number of primary amides is 1. The molecule has 0 aliphatic carbocycles. The van der Waals surface area contributed by atoms with E-state index in [0.29, 0.717) is 13.1 Å². The molecule has 4 heterocycles. The van der Waals surface area contributed by atoms with Crippen molar-refractivity contribution < 1.29 is 4.79 Å². The van der Waals surface area contributed by atoms with Crippen LogP contribution in [0.1, 0.15) is 17.2 Å². The summed E-state index contributed by atoms with van der Waals surface area (Å²) in [7, 11) is 1.88. The van der Waals surface area contributed by atoms with Crippen LogP contribution in [0.2, 0.25) is 0 Å². The molecule has 0 bridgehead atoms. The van der Waals surface area contributed by atoms with E-state index >= 15 is 0 Å². The minimum Gasteiger partial charge on any atom is -0.369 e. The SMILES string of the molecule is Cn1cc([C@H]2CN(Cc3cn4ccccc4n3)C[C@@H]2C(N)=O)cn1. The molecule has 0 unspecified atom stereocenters. The van der Waals surface area contributed by atoms with Crippen molar-refractivity contribution in [2.75, 3.05) is 13.1 Å². The van der Waals surface area contributed by atoms with Gasteiger partial charge in [0, 0.05) is 51.2 Å². The fourth-order valence-electron chi connectivity index (χ4n) is 3.56. The first kappa shape index (κ1) is 14.9. The summed E-state index contributed by atoms with van der Waals surface area (Å²) in [4.78, 5) is 18.8. The second-order valence-corrected chi connectivity index (χ2v) is 6.46. The zero-order valence-corrected chi connectivity index (χ0v) is 13.5. The van der Waals surface area contributed by atoms with Gasteiger partial charge in [-0.3, -0.25) is 14.4 Å². The molecule has 2 N–H and O–H groups in total. The lowest BCUT2D eigenvalue weighted by Gasteiger charge is -2.13. The number of nitrogens with zero attached hydrogens (tertiary/aromatic N) is 5. The van der Waals surface area contributed by atoms with E-state index in [1.54, 1.807) is 4.68 Å². The molecular weight excluding hydrogens is 304 g/mol. The highest BCUT2D eigenvalue weighted by Gasteiger charge is 2.38. The van der Waals surface area contributed by atoms with Crippen molar-refractivity contribution in [3.63, 3.8) is 0 Å². The highest BCUT2D eigenvalue weighted by molar-refractivity contribution is 5.78. The van der Waals surface area contributed by atoms with Gasteiger partial charge in [-0.1, -0.05) is 6.07 Å². The number of aromatic nitrogens is 4. The van der Waals surface area contributed by atoms with Crippen molar-refractivity contribution in [2.24, 2.45) is 18.7 Å². The number of pyridine rings is 1. The van der Waals surface area contributed by atoms with Crippen LogP contribution in [0.25, 0.3) is 5.65 Å². The maximum Gasteiger partial charge on any atom is 0.222 e. The number of rotatable bonds is 4. The molecule has 7 nitrogen and oxygen atoms in total. The summed E-state index contributed by atoms with van der Waals surface area (Å²) < 4.78 is 3.77. The molecule has 0 saturated carbocycles. The lowest BCUT2D eigenvalue weighted by atomic mass is 9.90. The normalized spacial score (nSPS) is 21.5. The van der Waals surface area contributed by atoms with Gasteiger partial charge in [-0.25, -0.2) is 4.98 Å². The number of aryl methyl sites for hydroxylation is 1. The Kier molecular flexibility index (Phi) is 3.57. The fourth-order valence-corrected chi connectivity index (χ4v) is 3.56. The molecular formula is C17H20N6O. The van der Waals surface area contributed by atoms with Gasteiger partial charge in [0.25, 0.3) is 0 Å². The molecule has 1 fully saturated rings. The number of likely N-dealkylation sites (tertiary alicyclic amines) is 1. The molecule has 1 aliphatic heterocycles. The number of nitrogens with two attached hydrogens (primary N) is 1. The van der Waals surface area contributed by atoms with Gasteiger partial charge in [-0.2, -0.15) is 5.10 Å². The first-order valence-corrected chi connectivity index (χ1v) is 8.03. The second-order valence-electron chi connectivity index (χ2n) is 6.46. The van der Waals surface area contributed by atoms with E-state index in [1.165, 1.54) is 0 Å². The van der Waals surface area contributed by atoms with Gasteiger partial charge in [-0.05, 0) is 17.7 Å². The van der Waals surface area contributed by atoms with Gasteiger partial charge >= 0.3 is 0 Å². The fraction of sp³-hybridized carbons (Fsp3) is 0.353. The number of fused-ring (bicyclic) bond motifs is 1. The zero-order chi connectivity index (χ0) is 16.7. The van der Waals surface area contributed by atoms with Gasteiger partial charge in [0.15, 0.2) is 0 Å². The van der Waals surface area contributed by atoms with Crippen LogP contribution in [0.15, 0.2) is 43.0 Å². The maximum absolute atomic E-state index is 11.9. The van der Waals surface area contributed by atoms with Crippen molar-refractivity contribution in [2.45, 2.75) is 12.5 Å². The number of carbonyl (C=O) groups excluding carboxylic acids is 1. The lowest BCUT2D eigenvalue weighted by Crippen LogP contribution is -2.29. The van der Waals surface area contributed by atoms with Gasteiger partial charge in [0.2, 0.25) is 5.91 Å². The van der Waals surface area contributed by atoms with Crippen LogP contribution in [0, 0.1) is 5.92 Å². The number of amides is 1. The van der Waals surface area contributed by atoms with Crippen LogP contribution >= 0.6 is 0 Å². The Morgan fingerprint density at radius 3 is 2.92 bits per heavy atom. The summed E-state index contributed by atoms with van der Waals surface area (Å²) in [5, 5.41) is 4.22.